The number of anilines is 1. The number of alkyl halides is 6. The molecule has 174 valence electrons. The molecule has 0 saturated carbocycles. The van der Waals surface area contributed by atoms with Crippen molar-refractivity contribution < 1.29 is 35.9 Å². The second-order valence-corrected chi connectivity index (χ2v) is 7.05. The van der Waals surface area contributed by atoms with Crippen molar-refractivity contribution in [2.24, 2.45) is 5.73 Å². The number of hydrogen-bond acceptors (Lipinski definition) is 3. The second-order valence-electron chi connectivity index (χ2n) is 7.05. The minimum atomic E-state index is -5.06. The Balaban J connectivity index is 2.58. The topological polar surface area (TPSA) is 76.3 Å². The van der Waals surface area contributed by atoms with E-state index in [-0.39, 0.29) is 24.0 Å². The van der Waals surface area contributed by atoms with Crippen LogP contribution in [0.5, 0.6) is 0 Å². The molecule has 32 heavy (non-hydrogen) atoms. The summed E-state index contributed by atoms with van der Waals surface area (Å²) in [6.45, 7) is 1.78. The lowest BCUT2D eigenvalue weighted by molar-refractivity contribution is -0.143. The highest BCUT2D eigenvalue weighted by Crippen LogP contribution is 2.38. The molecule has 0 saturated heterocycles. The van der Waals surface area contributed by atoms with Crippen LogP contribution < -0.4 is 10.6 Å². The third-order valence-corrected chi connectivity index (χ3v) is 4.59. The molecule has 2 amide bonds. The van der Waals surface area contributed by atoms with Crippen LogP contribution in [0.25, 0.3) is 0 Å². The quantitative estimate of drug-likeness (QED) is 0.420. The first kappa shape index (κ1) is 25.2. The van der Waals surface area contributed by atoms with Gasteiger partial charge in [-0.2, -0.15) is 26.3 Å². The van der Waals surface area contributed by atoms with Gasteiger partial charge in [0.25, 0.3) is 11.8 Å². The Bertz CT molecular complexity index is 940. The highest BCUT2D eigenvalue weighted by Gasteiger charge is 2.38. The van der Waals surface area contributed by atoms with Crippen molar-refractivity contribution in [3.8, 4) is 0 Å². The summed E-state index contributed by atoms with van der Waals surface area (Å²) in [7, 11) is 0. The molecular formula is C21H21F6N3O2. The van der Waals surface area contributed by atoms with Gasteiger partial charge in [-0.1, -0.05) is 32.3 Å². The van der Waals surface area contributed by atoms with Crippen LogP contribution in [0.1, 0.15) is 64.7 Å². The Morgan fingerprint density at radius 1 is 0.906 bits per heavy atom. The number of pyridine rings is 1. The molecule has 2 rings (SSSR count). The molecule has 0 bridgehead atoms. The fourth-order valence-electron chi connectivity index (χ4n) is 2.97. The molecule has 1 heterocycles. The molecule has 0 fully saturated rings. The predicted octanol–water partition coefficient (Wildman–Crippen LogP) is 5.45. The van der Waals surface area contributed by atoms with Crippen LogP contribution >= 0.6 is 0 Å². The largest absolute Gasteiger partial charge is 0.416 e. The summed E-state index contributed by atoms with van der Waals surface area (Å²) >= 11 is 0. The number of benzene rings is 1. The van der Waals surface area contributed by atoms with Gasteiger partial charge in [-0.15, -0.1) is 0 Å². The van der Waals surface area contributed by atoms with Gasteiger partial charge in [0.05, 0.1) is 11.1 Å². The number of carbonyl (C=O) groups excluding carboxylic acids is 2. The van der Waals surface area contributed by atoms with Gasteiger partial charge < -0.3 is 10.6 Å². The molecule has 2 aromatic rings. The molecule has 0 atom stereocenters. The molecule has 0 radical (unpaired) electrons. The number of amides is 2. The maximum absolute atomic E-state index is 13.3. The van der Waals surface area contributed by atoms with Crippen molar-refractivity contribution >= 4 is 17.5 Å². The normalized spacial score (nSPS) is 12.0. The Morgan fingerprint density at radius 2 is 1.47 bits per heavy atom. The van der Waals surface area contributed by atoms with Crippen LogP contribution in [0.15, 0.2) is 36.4 Å². The Morgan fingerprint density at radius 3 is 1.97 bits per heavy atom. The molecule has 0 aliphatic heterocycles. The van der Waals surface area contributed by atoms with E-state index in [1.54, 1.807) is 0 Å². The summed E-state index contributed by atoms with van der Waals surface area (Å²) < 4.78 is 79.7. The zero-order valence-electron chi connectivity index (χ0n) is 17.1. The lowest BCUT2D eigenvalue weighted by Gasteiger charge is -2.25. The van der Waals surface area contributed by atoms with E-state index in [0.717, 1.165) is 17.7 Å². The fraction of sp³-hybridized carbons (Fsp3) is 0.381. The van der Waals surface area contributed by atoms with E-state index < -0.39 is 41.0 Å². The summed E-state index contributed by atoms with van der Waals surface area (Å²) in [4.78, 5) is 29.0. The number of rotatable bonds is 8. The number of nitrogens with two attached hydrogens (primary N) is 1. The van der Waals surface area contributed by atoms with Crippen molar-refractivity contribution in [2.75, 3.05) is 11.4 Å². The van der Waals surface area contributed by atoms with Crippen molar-refractivity contribution in [1.82, 2.24) is 4.98 Å². The maximum Gasteiger partial charge on any atom is 0.416 e. The third-order valence-electron chi connectivity index (χ3n) is 4.59. The summed E-state index contributed by atoms with van der Waals surface area (Å²) in [6, 6.07) is 4.71. The van der Waals surface area contributed by atoms with E-state index in [2.05, 4.69) is 4.98 Å². The number of hydrogen-bond donors (Lipinski definition) is 1. The van der Waals surface area contributed by atoms with Gasteiger partial charge in [0.15, 0.2) is 0 Å². The number of carbonyl (C=O) groups is 2. The molecule has 1 aromatic heterocycles. The Kier molecular flexibility index (Phi) is 7.87. The van der Waals surface area contributed by atoms with E-state index in [1.807, 2.05) is 6.92 Å². The van der Waals surface area contributed by atoms with Gasteiger partial charge in [-0.25, -0.2) is 4.98 Å². The fourth-order valence-corrected chi connectivity index (χ4v) is 2.97. The monoisotopic (exact) mass is 461 g/mol. The number of aromatic nitrogens is 1. The number of unbranched alkanes of at least 4 members (excludes halogenated alkanes) is 3. The van der Waals surface area contributed by atoms with Crippen LogP contribution in [-0.4, -0.2) is 23.3 Å². The first-order chi connectivity index (χ1) is 14.8. The van der Waals surface area contributed by atoms with Gasteiger partial charge >= 0.3 is 12.4 Å². The average Bonchev–Trinajstić information content (AvgIpc) is 2.72. The molecule has 11 heteroatoms. The Labute approximate surface area is 180 Å². The van der Waals surface area contributed by atoms with E-state index in [4.69, 9.17) is 5.73 Å². The average molecular weight is 461 g/mol. The molecule has 5 nitrogen and oxygen atoms in total. The first-order valence-electron chi connectivity index (χ1n) is 9.72. The minimum absolute atomic E-state index is 0.00476. The Hall–Kier alpha value is -3.11. The molecule has 1 aromatic carbocycles. The number of nitrogens with zero attached hydrogens (tertiary/aromatic N) is 2. The van der Waals surface area contributed by atoms with Crippen LogP contribution in [-0.2, 0) is 12.4 Å². The molecule has 0 spiro atoms. The minimum Gasteiger partial charge on any atom is -0.364 e. The summed E-state index contributed by atoms with van der Waals surface area (Å²) in [5.41, 5.74) is 0.911. The number of primary amides is 1. The van der Waals surface area contributed by atoms with Crippen molar-refractivity contribution in [3.63, 3.8) is 0 Å². The maximum atomic E-state index is 13.3. The summed E-state index contributed by atoms with van der Waals surface area (Å²) in [6.07, 6.45) is -7.56. The van der Waals surface area contributed by atoms with Crippen molar-refractivity contribution in [1.29, 1.82) is 0 Å². The SMILES string of the molecule is CCCCCCN(C(=O)c1cccc(C(N)=O)n1)c1cc(C(F)(F)F)cc(C(F)(F)F)c1. The van der Waals surface area contributed by atoms with E-state index in [1.165, 1.54) is 18.2 Å². The molecule has 0 aliphatic rings. The van der Waals surface area contributed by atoms with Gasteiger partial charge in [-0.05, 0) is 36.8 Å². The van der Waals surface area contributed by atoms with Crippen molar-refractivity contribution in [2.45, 2.75) is 45.0 Å². The number of halogens is 6. The highest BCUT2D eigenvalue weighted by molar-refractivity contribution is 6.05. The lowest BCUT2D eigenvalue weighted by Crippen LogP contribution is -2.33. The summed E-state index contributed by atoms with van der Waals surface area (Å²) in [5.74, 6) is -1.88. The standard InChI is InChI=1S/C21H21F6N3O2/c1-2-3-4-5-9-30(19(32)17-8-6-7-16(29-17)18(28)31)15-11-13(20(22,23)24)10-14(12-15)21(25,26)27/h6-8,10-12H,2-5,9H2,1H3,(H2,28,31). The molecule has 0 unspecified atom stereocenters. The molecular weight excluding hydrogens is 440 g/mol. The second kappa shape index (κ2) is 10.0. The zero-order chi connectivity index (χ0) is 24.1. The van der Waals surface area contributed by atoms with Crippen LogP contribution in [0.2, 0.25) is 0 Å². The lowest BCUT2D eigenvalue weighted by atomic mass is 10.1. The van der Waals surface area contributed by atoms with Crippen molar-refractivity contribution in [3.05, 3.63) is 58.9 Å². The predicted molar refractivity (Wildman–Crippen MR) is 105 cm³/mol. The molecule has 0 aliphatic carbocycles. The zero-order valence-corrected chi connectivity index (χ0v) is 17.1. The third kappa shape index (κ3) is 6.44. The van der Waals surface area contributed by atoms with Gasteiger partial charge in [0.1, 0.15) is 11.4 Å². The van der Waals surface area contributed by atoms with Gasteiger partial charge in [-0.3, -0.25) is 9.59 Å². The highest BCUT2D eigenvalue weighted by atomic mass is 19.4. The van der Waals surface area contributed by atoms with E-state index >= 15 is 0 Å². The smallest absolute Gasteiger partial charge is 0.364 e. The van der Waals surface area contributed by atoms with E-state index in [9.17, 15) is 35.9 Å². The van der Waals surface area contributed by atoms with Crippen LogP contribution in [0.3, 0.4) is 0 Å². The first-order valence-corrected chi connectivity index (χ1v) is 9.72. The summed E-state index contributed by atoms with van der Waals surface area (Å²) in [5, 5.41) is 0. The molecule has 2 N–H and O–H groups in total. The van der Waals surface area contributed by atoms with Gasteiger partial charge in [0.2, 0.25) is 0 Å². The van der Waals surface area contributed by atoms with Crippen LogP contribution in [0.4, 0.5) is 32.0 Å². The van der Waals surface area contributed by atoms with E-state index in [0.29, 0.717) is 25.0 Å². The van der Waals surface area contributed by atoms with Crippen LogP contribution in [0, 0.1) is 0 Å². The van der Waals surface area contributed by atoms with Gasteiger partial charge in [0, 0.05) is 12.2 Å².